The first-order valence-corrected chi connectivity index (χ1v) is 4.07. The van der Waals surface area contributed by atoms with Crippen LogP contribution in [0.15, 0.2) is 30.3 Å². The number of ether oxygens (including phenoxy) is 1. The molecule has 2 N–H and O–H groups in total. The van der Waals surface area contributed by atoms with Gasteiger partial charge in [0, 0.05) is 12.1 Å². The van der Waals surface area contributed by atoms with Gasteiger partial charge in [-0.25, -0.2) is 0 Å². The Morgan fingerprint density at radius 1 is 1.43 bits per heavy atom. The first kappa shape index (κ1) is 10.7. The van der Waals surface area contributed by atoms with E-state index in [9.17, 15) is 8.78 Å². The normalized spacial score (nSPS) is 9.71. The second-order valence-corrected chi connectivity index (χ2v) is 2.68. The zero-order valence-electron chi connectivity index (χ0n) is 7.76. The largest absolute Gasteiger partial charge is 0.497 e. The van der Waals surface area contributed by atoms with E-state index in [0.29, 0.717) is 11.3 Å². The number of hydrogen-bond donors (Lipinski definition) is 1. The molecule has 76 valence electrons. The SMILES string of the molecule is COc1cccc(C(CN)=C(F)F)c1. The molecule has 0 atom stereocenters. The Morgan fingerprint density at radius 2 is 2.14 bits per heavy atom. The summed E-state index contributed by atoms with van der Waals surface area (Å²) >= 11 is 0. The van der Waals surface area contributed by atoms with Crippen LogP contribution >= 0.6 is 0 Å². The fraction of sp³-hybridized carbons (Fsp3) is 0.200. The van der Waals surface area contributed by atoms with Gasteiger partial charge in [0.15, 0.2) is 0 Å². The zero-order valence-corrected chi connectivity index (χ0v) is 7.76. The number of halogens is 2. The number of rotatable bonds is 3. The molecule has 0 fully saturated rings. The summed E-state index contributed by atoms with van der Waals surface area (Å²) in [7, 11) is 1.48. The van der Waals surface area contributed by atoms with Gasteiger partial charge in [0.05, 0.1) is 7.11 Å². The van der Waals surface area contributed by atoms with E-state index >= 15 is 0 Å². The summed E-state index contributed by atoms with van der Waals surface area (Å²) in [5.74, 6) is 0.537. The molecule has 1 aromatic rings. The smallest absolute Gasteiger partial charge is 0.275 e. The Balaban J connectivity index is 3.12. The van der Waals surface area contributed by atoms with E-state index in [0.717, 1.165) is 0 Å². The Labute approximate surface area is 81.0 Å². The summed E-state index contributed by atoms with van der Waals surface area (Å²) in [6, 6.07) is 6.44. The lowest BCUT2D eigenvalue weighted by Gasteiger charge is -2.05. The van der Waals surface area contributed by atoms with Gasteiger partial charge in [-0.2, -0.15) is 8.78 Å². The van der Waals surface area contributed by atoms with Gasteiger partial charge in [0.2, 0.25) is 0 Å². The predicted molar refractivity (Wildman–Crippen MR) is 51.2 cm³/mol. The van der Waals surface area contributed by atoms with Crippen molar-refractivity contribution < 1.29 is 13.5 Å². The van der Waals surface area contributed by atoms with Crippen molar-refractivity contribution in [2.24, 2.45) is 5.73 Å². The number of benzene rings is 1. The summed E-state index contributed by atoms with van der Waals surface area (Å²) in [5, 5.41) is 0. The standard InChI is InChI=1S/C10H11F2NO/c1-14-8-4-2-3-7(5-8)9(6-13)10(11)12/h2-5H,6,13H2,1H3. The molecule has 0 aliphatic carbocycles. The van der Waals surface area contributed by atoms with Crippen LogP contribution in [0.2, 0.25) is 0 Å². The highest BCUT2D eigenvalue weighted by Crippen LogP contribution is 2.23. The molecule has 0 saturated carbocycles. The summed E-state index contributed by atoms with van der Waals surface area (Å²) in [5.41, 5.74) is 5.46. The van der Waals surface area contributed by atoms with Gasteiger partial charge < -0.3 is 10.5 Å². The Hall–Kier alpha value is -1.42. The minimum atomic E-state index is -1.75. The van der Waals surface area contributed by atoms with Crippen LogP contribution < -0.4 is 10.5 Å². The third kappa shape index (κ3) is 2.29. The molecule has 0 bridgehead atoms. The maximum absolute atomic E-state index is 12.4. The topological polar surface area (TPSA) is 35.2 Å². The minimum absolute atomic E-state index is 0.149. The molecular weight excluding hydrogens is 188 g/mol. The molecule has 1 aromatic carbocycles. The van der Waals surface area contributed by atoms with Crippen molar-refractivity contribution >= 4 is 5.57 Å². The van der Waals surface area contributed by atoms with E-state index in [1.165, 1.54) is 13.2 Å². The quantitative estimate of drug-likeness (QED) is 0.810. The lowest BCUT2D eigenvalue weighted by atomic mass is 10.1. The second-order valence-electron chi connectivity index (χ2n) is 2.68. The monoisotopic (exact) mass is 199 g/mol. The van der Waals surface area contributed by atoms with Gasteiger partial charge in [-0.05, 0) is 17.7 Å². The highest BCUT2D eigenvalue weighted by Gasteiger charge is 2.07. The molecule has 0 radical (unpaired) electrons. The molecule has 0 aliphatic heterocycles. The van der Waals surface area contributed by atoms with Crippen LogP contribution in [-0.4, -0.2) is 13.7 Å². The van der Waals surface area contributed by atoms with Crippen LogP contribution in [0.3, 0.4) is 0 Å². The molecule has 0 unspecified atom stereocenters. The van der Waals surface area contributed by atoms with Gasteiger partial charge >= 0.3 is 0 Å². The van der Waals surface area contributed by atoms with E-state index in [4.69, 9.17) is 10.5 Å². The van der Waals surface area contributed by atoms with Crippen molar-refractivity contribution in [2.75, 3.05) is 13.7 Å². The van der Waals surface area contributed by atoms with Gasteiger partial charge in [0.25, 0.3) is 6.08 Å². The predicted octanol–water partition coefficient (Wildman–Crippen LogP) is 2.26. The molecule has 0 spiro atoms. The Bertz CT molecular complexity index is 346. The molecule has 2 nitrogen and oxygen atoms in total. The van der Waals surface area contributed by atoms with E-state index in [-0.39, 0.29) is 12.1 Å². The highest BCUT2D eigenvalue weighted by atomic mass is 19.3. The van der Waals surface area contributed by atoms with Crippen LogP contribution in [0.25, 0.3) is 5.57 Å². The maximum Gasteiger partial charge on any atom is 0.275 e. The third-order valence-corrected chi connectivity index (χ3v) is 1.85. The van der Waals surface area contributed by atoms with Crippen molar-refractivity contribution in [3.8, 4) is 5.75 Å². The Kier molecular flexibility index (Phi) is 3.59. The van der Waals surface area contributed by atoms with Gasteiger partial charge in [-0.15, -0.1) is 0 Å². The lowest BCUT2D eigenvalue weighted by Crippen LogP contribution is -2.03. The van der Waals surface area contributed by atoms with Crippen molar-refractivity contribution in [1.82, 2.24) is 0 Å². The fourth-order valence-corrected chi connectivity index (χ4v) is 1.11. The first-order chi connectivity index (χ1) is 6.69. The summed E-state index contributed by atoms with van der Waals surface area (Å²) < 4.78 is 29.7. The first-order valence-electron chi connectivity index (χ1n) is 4.07. The van der Waals surface area contributed by atoms with Gasteiger partial charge in [0.1, 0.15) is 5.75 Å². The third-order valence-electron chi connectivity index (χ3n) is 1.85. The van der Waals surface area contributed by atoms with E-state index in [2.05, 4.69) is 0 Å². The van der Waals surface area contributed by atoms with Crippen molar-refractivity contribution in [3.63, 3.8) is 0 Å². The minimum Gasteiger partial charge on any atom is -0.497 e. The van der Waals surface area contributed by atoms with Gasteiger partial charge in [-0.3, -0.25) is 0 Å². The average molecular weight is 199 g/mol. The van der Waals surface area contributed by atoms with Crippen LogP contribution in [0, 0.1) is 0 Å². The Morgan fingerprint density at radius 3 is 2.64 bits per heavy atom. The maximum atomic E-state index is 12.4. The summed E-state index contributed by atoms with van der Waals surface area (Å²) in [6.45, 7) is -0.185. The van der Waals surface area contributed by atoms with Crippen molar-refractivity contribution in [2.45, 2.75) is 0 Å². The van der Waals surface area contributed by atoms with E-state index < -0.39 is 6.08 Å². The molecule has 1 rings (SSSR count). The number of methoxy groups -OCH3 is 1. The summed E-state index contributed by atoms with van der Waals surface area (Å²) in [6.07, 6.45) is -1.75. The molecule has 14 heavy (non-hydrogen) atoms. The highest BCUT2D eigenvalue weighted by molar-refractivity contribution is 5.68. The van der Waals surface area contributed by atoms with E-state index in [1.54, 1.807) is 18.2 Å². The van der Waals surface area contributed by atoms with Crippen molar-refractivity contribution in [3.05, 3.63) is 35.9 Å². The van der Waals surface area contributed by atoms with Crippen LogP contribution in [0.5, 0.6) is 5.75 Å². The van der Waals surface area contributed by atoms with Crippen LogP contribution in [-0.2, 0) is 0 Å². The zero-order chi connectivity index (χ0) is 10.6. The second kappa shape index (κ2) is 4.72. The molecule has 0 amide bonds. The molecule has 0 saturated heterocycles. The number of hydrogen-bond acceptors (Lipinski definition) is 2. The van der Waals surface area contributed by atoms with Gasteiger partial charge in [-0.1, -0.05) is 12.1 Å². The van der Waals surface area contributed by atoms with Crippen LogP contribution in [0.4, 0.5) is 8.78 Å². The molecule has 0 aromatic heterocycles. The average Bonchev–Trinajstić information content (AvgIpc) is 2.19. The molecule has 0 heterocycles. The molecule has 4 heteroatoms. The lowest BCUT2D eigenvalue weighted by molar-refractivity contribution is 0.414. The fourth-order valence-electron chi connectivity index (χ4n) is 1.11. The molecular formula is C10H11F2NO. The van der Waals surface area contributed by atoms with Crippen LogP contribution in [0.1, 0.15) is 5.56 Å². The number of nitrogens with two attached hydrogens (primary N) is 1. The molecule has 0 aliphatic rings. The van der Waals surface area contributed by atoms with Crippen molar-refractivity contribution in [1.29, 1.82) is 0 Å². The summed E-state index contributed by atoms with van der Waals surface area (Å²) in [4.78, 5) is 0. The van der Waals surface area contributed by atoms with E-state index in [1.807, 2.05) is 0 Å².